The summed E-state index contributed by atoms with van der Waals surface area (Å²) in [5.74, 6) is 0.122. The number of amides is 2. The van der Waals surface area contributed by atoms with Gasteiger partial charge in [-0.05, 0) is 39.2 Å². The van der Waals surface area contributed by atoms with Gasteiger partial charge in [-0.15, -0.1) is 0 Å². The van der Waals surface area contributed by atoms with Crippen molar-refractivity contribution >= 4 is 33.4 Å². The van der Waals surface area contributed by atoms with E-state index in [1.165, 1.54) is 11.8 Å². The maximum atomic E-state index is 12.6. The van der Waals surface area contributed by atoms with Gasteiger partial charge in [0.25, 0.3) is 0 Å². The summed E-state index contributed by atoms with van der Waals surface area (Å²) in [4.78, 5) is 28.5. The Morgan fingerprint density at radius 1 is 1.20 bits per heavy atom. The van der Waals surface area contributed by atoms with E-state index in [9.17, 15) is 18.0 Å². The van der Waals surface area contributed by atoms with Crippen LogP contribution in [-0.2, 0) is 19.4 Å². The molecular formula is C16H27N3O4S2. The molecule has 0 aromatic carbocycles. The number of nitrogens with zero attached hydrogens (tertiary/aromatic N) is 2. The van der Waals surface area contributed by atoms with E-state index in [0.717, 1.165) is 25.9 Å². The largest absolute Gasteiger partial charge is 0.352 e. The van der Waals surface area contributed by atoms with Crippen LogP contribution >= 0.6 is 11.8 Å². The number of fused-ring (bicyclic) bond motifs is 1. The third-order valence-electron chi connectivity index (χ3n) is 5.74. The molecule has 0 aromatic rings. The van der Waals surface area contributed by atoms with Crippen LogP contribution in [0.2, 0.25) is 0 Å². The normalized spacial score (nSPS) is 32.6. The van der Waals surface area contributed by atoms with Gasteiger partial charge in [-0.2, -0.15) is 11.8 Å². The monoisotopic (exact) mass is 389 g/mol. The third kappa shape index (κ3) is 3.98. The first-order valence-electron chi connectivity index (χ1n) is 8.79. The first-order chi connectivity index (χ1) is 11.8. The second-order valence-corrected chi connectivity index (χ2v) is 10.6. The smallest absolute Gasteiger partial charge is 0.232 e. The number of nitrogens with one attached hydrogen (secondary N) is 1. The van der Waals surface area contributed by atoms with E-state index in [-0.39, 0.29) is 42.0 Å². The van der Waals surface area contributed by atoms with Gasteiger partial charge in [0.15, 0.2) is 9.84 Å². The topological polar surface area (TPSA) is 86.8 Å². The molecule has 3 aliphatic rings. The lowest BCUT2D eigenvalue weighted by Gasteiger charge is -2.29. The number of thioether (sulfide) groups is 1. The molecule has 3 fully saturated rings. The predicted octanol–water partition coefficient (Wildman–Crippen LogP) is -0.569. The molecular weight excluding hydrogens is 362 g/mol. The highest BCUT2D eigenvalue weighted by Crippen LogP contribution is 2.34. The van der Waals surface area contributed by atoms with Crippen molar-refractivity contribution in [2.45, 2.75) is 24.1 Å². The number of rotatable bonds is 4. The summed E-state index contributed by atoms with van der Waals surface area (Å²) < 4.78 is 25.0. The van der Waals surface area contributed by atoms with Crippen LogP contribution in [0, 0.1) is 11.8 Å². The van der Waals surface area contributed by atoms with E-state index in [1.54, 1.807) is 4.90 Å². The standard InChI is InChI=1S/C16H27N3O4S2/c1-18-5-3-11(4-6-18)16(21)17-13-10-25(22,23)14-8-19(7-12(13)14)15(20)9-24-2/h11-14H,3-10H2,1-2H3,(H,17,21)/t12-,13+,14-/m0/s1. The number of sulfone groups is 1. The Kier molecular flexibility index (Phi) is 5.65. The third-order valence-corrected chi connectivity index (χ3v) is 8.52. The number of piperidine rings is 1. The highest BCUT2D eigenvalue weighted by atomic mass is 32.2. The van der Waals surface area contributed by atoms with E-state index in [1.807, 2.05) is 13.3 Å². The number of likely N-dealkylation sites (tertiary alicyclic amines) is 2. The minimum atomic E-state index is -3.26. The predicted molar refractivity (Wildman–Crippen MR) is 98.2 cm³/mol. The van der Waals surface area contributed by atoms with Crippen molar-refractivity contribution < 1.29 is 18.0 Å². The first kappa shape index (κ1) is 19.0. The van der Waals surface area contributed by atoms with Crippen molar-refractivity contribution in [1.82, 2.24) is 15.1 Å². The van der Waals surface area contributed by atoms with Gasteiger partial charge in [0.05, 0.1) is 16.8 Å². The van der Waals surface area contributed by atoms with Gasteiger partial charge < -0.3 is 15.1 Å². The lowest BCUT2D eigenvalue weighted by Crippen LogP contribution is -2.47. The van der Waals surface area contributed by atoms with E-state index >= 15 is 0 Å². The van der Waals surface area contributed by atoms with Gasteiger partial charge in [-0.1, -0.05) is 0 Å². The second kappa shape index (κ2) is 7.44. The first-order valence-corrected chi connectivity index (χ1v) is 11.9. The molecule has 2 amide bonds. The van der Waals surface area contributed by atoms with E-state index in [0.29, 0.717) is 12.3 Å². The lowest BCUT2D eigenvalue weighted by molar-refractivity contribution is -0.127. The Morgan fingerprint density at radius 2 is 1.88 bits per heavy atom. The summed E-state index contributed by atoms with van der Waals surface area (Å²) in [5.41, 5.74) is 0. The SMILES string of the molecule is CSCC(=O)N1C[C@H]2[C@H](NC(=O)C3CCN(C)CC3)CS(=O)(=O)[C@H]2C1. The average molecular weight is 390 g/mol. The molecule has 3 saturated heterocycles. The van der Waals surface area contributed by atoms with Gasteiger partial charge >= 0.3 is 0 Å². The van der Waals surface area contributed by atoms with E-state index in [4.69, 9.17) is 0 Å². The maximum Gasteiger partial charge on any atom is 0.232 e. The molecule has 25 heavy (non-hydrogen) atoms. The summed E-state index contributed by atoms with van der Waals surface area (Å²) in [6.07, 6.45) is 3.48. The Hall–Kier alpha value is -0.800. The summed E-state index contributed by atoms with van der Waals surface area (Å²) in [7, 11) is -1.22. The van der Waals surface area contributed by atoms with Crippen molar-refractivity contribution in [2.75, 3.05) is 51.0 Å². The minimum Gasteiger partial charge on any atom is -0.352 e. The number of carbonyl (C=O) groups excluding carboxylic acids is 2. The molecule has 0 unspecified atom stereocenters. The van der Waals surface area contributed by atoms with Gasteiger partial charge in [-0.3, -0.25) is 9.59 Å². The van der Waals surface area contributed by atoms with E-state index < -0.39 is 15.1 Å². The van der Waals surface area contributed by atoms with Crippen LogP contribution in [0.25, 0.3) is 0 Å². The zero-order valence-corrected chi connectivity index (χ0v) is 16.4. The fraction of sp³-hybridized carbons (Fsp3) is 0.875. The van der Waals surface area contributed by atoms with Crippen LogP contribution in [-0.4, -0.2) is 92.3 Å². The molecule has 7 nitrogen and oxygen atoms in total. The molecule has 3 aliphatic heterocycles. The highest BCUT2D eigenvalue weighted by Gasteiger charge is 2.53. The quantitative estimate of drug-likeness (QED) is 0.693. The van der Waals surface area contributed by atoms with E-state index in [2.05, 4.69) is 10.2 Å². The molecule has 0 aliphatic carbocycles. The van der Waals surface area contributed by atoms with Crippen molar-refractivity contribution in [2.24, 2.45) is 11.8 Å². The lowest BCUT2D eigenvalue weighted by atomic mass is 9.94. The molecule has 0 spiro atoms. The van der Waals surface area contributed by atoms with Gasteiger partial charge in [0.1, 0.15) is 0 Å². The maximum absolute atomic E-state index is 12.6. The van der Waals surface area contributed by atoms with Crippen LogP contribution in [0.3, 0.4) is 0 Å². The Bertz CT molecular complexity index is 631. The van der Waals surface area contributed by atoms with Crippen LogP contribution in [0.1, 0.15) is 12.8 Å². The summed E-state index contributed by atoms with van der Waals surface area (Å²) >= 11 is 1.44. The van der Waals surface area contributed by atoms with Gasteiger partial charge in [0, 0.05) is 31.0 Å². The minimum absolute atomic E-state index is 0.00521. The highest BCUT2D eigenvalue weighted by molar-refractivity contribution is 7.99. The van der Waals surface area contributed by atoms with Crippen LogP contribution < -0.4 is 5.32 Å². The zero-order valence-electron chi connectivity index (χ0n) is 14.8. The van der Waals surface area contributed by atoms with Crippen molar-refractivity contribution in [3.05, 3.63) is 0 Å². The molecule has 0 bridgehead atoms. The molecule has 0 aromatic heterocycles. The number of hydrogen-bond donors (Lipinski definition) is 1. The Morgan fingerprint density at radius 3 is 2.52 bits per heavy atom. The van der Waals surface area contributed by atoms with Gasteiger partial charge in [-0.25, -0.2) is 8.42 Å². The van der Waals surface area contributed by atoms with Crippen molar-refractivity contribution in [3.8, 4) is 0 Å². The van der Waals surface area contributed by atoms with Crippen LogP contribution in [0.15, 0.2) is 0 Å². The van der Waals surface area contributed by atoms with Crippen molar-refractivity contribution in [3.63, 3.8) is 0 Å². The fourth-order valence-corrected chi connectivity index (χ4v) is 6.92. The summed E-state index contributed by atoms with van der Waals surface area (Å²) in [5, 5.41) is 2.48. The molecule has 1 N–H and O–H groups in total. The molecule has 0 radical (unpaired) electrons. The molecule has 142 valence electrons. The number of hydrogen-bond acceptors (Lipinski definition) is 6. The van der Waals surface area contributed by atoms with Crippen LogP contribution in [0.4, 0.5) is 0 Å². The average Bonchev–Trinajstić information content (AvgIpc) is 3.09. The molecule has 3 heterocycles. The fourth-order valence-electron chi connectivity index (χ4n) is 4.20. The molecule has 0 saturated carbocycles. The van der Waals surface area contributed by atoms with Crippen LogP contribution in [0.5, 0.6) is 0 Å². The summed E-state index contributed by atoms with van der Waals surface area (Å²) in [6, 6.07) is -0.366. The molecule has 3 rings (SSSR count). The second-order valence-electron chi connectivity index (χ2n) is 7.46. The Labute approximate surface area is 153 Å². The molecule has 9 heteroatoms. The number of carbonyl (C=O) groups is 2. The summed E-state index contributed by atoms with van der Waals surface area (Å²) in [6.45, 7) is 2.49. The van der Waals surface area contributed by atoms with Crippen molar-refractivity contribution in [1.29, 1.82) is 0 Å². The molecule has 3 atom stereocenters. The Balaban J connectivity index is 1.64. The zero-order chi connectivity index (χ0) is 18.2. The van der Waals surface area contributed by atoms with Gasteiger partial charge in [0.2, 0.25) is 11.8 Å².